The molecule has 0 bridgehead atoms. The highest BCUT2D eigenvalue weighted by molar-refractivity contribution is 6.21. The standard InChI is InChI=1S/C64H74F12N2O24/c65-43-35-44(66)53(72)58(52(43)71)100-49(79)5-9-96-38-64(39-97-10-6-50(80)101-59-54(73)45(67)36-46(68)55(59)74,40-98-11-7-51(81)102-60-56(75)47(69)37-48(70)57(60)76)77-63(84)99-34-33-95-32-31-94-30-29-93-28-27-92-26-25-91-24-23-90-22-21-89-20-19-88-18-17-87-16-15-86-14-13-85-12-8-78-61(82)41-3-1-2-4-42(41)62(78)83/h1-4,35-37H,5-34,38-40H2,(H,77,84). The lowest BCUT2D eigenvalue weighted by Gasteiger charge is -2.33. The molecule has 4 aromatic rings. The summed E-state index contributed by atoms with van der Waals surface area (Å²) in [5, 5.41) is 2.31. The number of carbonyl (C=O) groups is 6. The van der Waals surface area contributed by atoms with E-state index in [2.05, 4.69) is 19.5 Å². The van der Waals surface area contributed by atoms with Gasteiger partial charge in [-0.1, -0.05) is 12.1 Å². The van der Waals surface area contributed by atoms with E-state index in [0.29, 0.717) is 104 Å². The molecule has 102 heavy (non-hydrogen) atoms. The monoisotopic (exact) mass is 1480 g/mol. The van der Waals surface area contributed by atoms with E-state index in [-0.39, 0.29) is 89.4 Å². The molecule has 0 radical (unpaired) electrons. The molecule has 0 atom stereocenters. The van der Waals surface area contributed by atoms with Crippen molar-refractivity contribution in [1.82, 2.24) is 10.2 Å². The summed E-state index contributed by atoms with van der Waals surface area (Å²) in [7, 11) is 0. The fourth-order valence-electron chi connectivity index (χ4n) is 8.26. The van der Waals surface area contributed by atoms with Gasteiger partial charge in [0, 0.05) is 18.2 Å². The molecule has 0 spiro atoms. The van der Waals surface area contributed by atoms with E-state index in [4.69, 9.17) is 71.1 Å². The van der Waals surface area contributed by atoms with E-state index in [1.807, 2.05) is 0 Å². The summed E-state index contributed by atoms with van der Waals surface area (Å²) < 4.78 is 263. The Morgan fingerprint density at radius 1 is 0.324 bits per heavy atom. The first kappa shape index (κ1) is 85.0. The van der Waals surface area contributed by atoms with Crippen LogP contribution >= 0.6 is 0 Å². The highest BCUT2D eigenvalue weighted by Crippen LogP contribution is 2.30. The minimum atomic E-state index is -2.14. The molecule has 4 aromatic carbocycles. The zero-order valence-corrected chi connectivity index (χ0v) is 54.7. The number of nitrogens with one attached hydrogen (secondary N) is 1. The van der Waals surface area contributed by atoms with Gasteiger partial charge in [-0.25, -0.2) is 31.1 Å². The predicted molar refractivity (Wildman–Crippen MR) is 320 cm³/mol. The fraction of sp³-hybridized carbons (Fsp3) is 0.531. The molecule has 0 aromatic heterocycles. The first-order chi connectivity index (χ1) is 49.1. The normalized spacial score (nSPS) is 12.2. The van der Waals surface area contributed by atoms with E-state index in [1.165, 1.54) is 4.90 Å². The van der Waals surface area contributed by atoms with E-state index in [9.17, 15) is 81.5 Å². The largest absolute Gasteiger partial charge is 0.447 e. The van der Waals surface area contributed by atoms with Crippen LogP contribution in [0.2, 0.25) is 0 Å². The Balaban J connectivity index is 0.906. The van der Waals surface area contributed by atoms with Gasteiger partial charge in [0.2, 0.25) is 52.2 Å². The SMILES string of the molecule is O=C(CCOCC(COCCC(=O)Oc1c(F)c(F)cc(F)c1F)(COCCC(=O)Oc1c(F)c(F)cc(F)c1F)NC(=O)OCCOCCOCCOCCOCCOCCOCCOCCOCCOCCOCCOCCN1C(=O)c2ccccc2C1=O)Oc1c(F)c(F)cc(F)c1F. The fourth-order valence-corrected chi connectivity index (χ4v) is 8.26. The van der Waals surface area contributed by atoms with Crippen molar-refractivity contribution in [2.75, 3.05) is 198 Å². The van der Waals surface area contributed by atoms with Crippen molar-refractivity contribution in [2.24, 2.45) is 0 Å². The van der Waals surface area contributed by atoms with Crippen molar-refractivity contribution in [2.45, 2.75) is 24.8 Å². The maximum atomic E-state index is 14.2. The Morgan fingerprint density at radius 2 is 0.559 bits per heavy atom. The lowest BCUT2D eigenvalue weighted by atomic mass is 10.0. The highest BCUT2D eigenvalue weighted by atomic mass is 19.2. The molecule has 1 aliphatic heterocycles. The molecule has 0 aliphatic carbocycles. The van der Waals surface area contributed by atoms with Gasteiger partial charge in [-0.2, -0.15) is 26.3 Å². The molecule has 568 valence electrons. The first-order valence-electron chi connectivity index (χ1n) is 31.2. The van der Waals surface area contributed by atoms with Crippen molar-refractivity contribution < 1.29 is 167 Å². The molecule has 3 amide bonds. The van der Waals surface area contributed by atoms with Gasteiger partial charge in [0.25, 0.3) is 11.8 Å². The van der Waals surface area contributed by atoms with Crippen LogP contribution in [0.4, 0.5) is 57.5 Å². The maximum absolute atomic E-state index is 14.2. The molecule has 0 fully saturated rings. The minimum Gasteiger partial charge on any atom is -0.447 e. The molecule has 38 heteroatoms. The number of rotatable bonds is 55. The lowest BCUT2D eigenvalue weighted by molar-refractivity contribution is -0.136. The van der Waals surface area contributed by atoms with E-state index < -0.39 is 182 Å². The topological polar surface area (TPSA) is 284 Å². The third kappa shape index (κ3) is 30.3. The van der Waals surface area contributed by atoms with Gasteiger partial charge in [0.1, 0.15) is 12.1 Å². The number of hydrogen-bond donors (Lipinski definition) is 1. The second-order valence-electron chi connectivity index (χ2n) is 20.8. The van der Waals surface area contributed by atoms with Gasteiger partial charge >= 0.3 is 24.0 Å². The molecule has 5 rings (SSSR count). The Kier molecular flexibility index (Phi) is 39.6. The Morgan fingerprint density at radius 3 is 0.814 bits per heavy atom. The summed E-state index contributed by atoms with van der Waals surface area (Å²) in [4.78, 5) is 76.8. The number of halogens is 12. The summed E-state index contributed by atoms with van der Waals surface area (Å²) in [6.45, 7) is 0.385. The first-order valence-corrected chi connectivity index (χ1v) is 31.2. The van der Waals surface area contributed by atoms with Crippen LogP contribution in [0.25, 0.3) is 0 Å². The van der Waals surface area contributed by atoms with Crippen LogP contribution in [0.15, 0.2) is 42.5 Å². The van der Waals surface area contributed by atoms with E-state index in [1.54, 1.807) is 24.3 Å². The van der Waals surface area contributed by atoms with Crippen LogP contribution in [0, 0.1) is 69.8 Å². The maximum Gasteiger partial charge on any atom is 0.407 e. The number of alkyl carbamates (subject to hydrolysis) is 1. The van der Waals surface area contributed by atoms with Gasteiger partial charge in [0.05, 0.1) is 222 Å². The van der Waals surface area contributed by atoms with E-state index in [0.717, 1.165) is 0 Å². The smallest absolute Gasteiger partial charge is 0.407 e. The van der Waals surface area contributed by atoms with Crippen LogP contribution < -0.4 is 19.5 Å². The minimum absolute atomic E-state index is 0.0166. The summed E-state index contributed by atoms with van der Waals surface area (Å²) >= 11 is 0. The van der Waals surface area contributed by atoms with Gasteiger partial charge in [0.15, 0.2) is 34.9 Å². The molecule has 1 heterocycles. The van der Waals surface area contributed by atoms with Crippen molar-refractivity contribution in [3.63, 3.8) is 0 Å². The molecule has 0 saturated carbocycles. The Bertz CT molecular complexity index is 2970. The summed E-state index contributed by atoms with van der Waals surface area (Å²) in [5.74, 6) is -34.4. The van der Waals surface area contributed by atoms with Crippen molar-refractivity contribution in [3.05, 3.63) is 123 Å². The van der Waals surface area contributed by atoms with Crippen LogP contribution in [0.1, 0.15) is 40.0 Å². The molecule has 0 saturated heterocycles. The average molecular weight is 1480 g/mol. The van der Waals surface area contributed by atoms with Crippen LogP contribution in [-0.2, 0) is 85.4 Å². The zero-order valence-electron chi connectivity index (χ0n) is 54.7. The third-order valence-electron chi connectivity index (χ3n) is 13.2. The number of imide groups is 1. The Labute approximate surface area is 575 Å². The van der Waals surface area contributed by atoms with Gasteiger partial charge < -0.3 is 90.6 Å². The van der Waals surface area contributed by atoms with E-state index >= 15 is 0 Å². The van der Waals surface area contributed by atoms with Crippen LogP contribution in [0.3, 0.4) is 0 Å². The number of benzene rings is 4. The van der Waals surface area contributed by atoms with Crippen molar-refractivity contribution in [1.29, 1.82) is 0 Å². The van der Waals surface area contributed by atoms with Crippen molar-refractivity contribution >= 4 is 35.8 Å². The predicted octanol–water partition coefficient (Wildman–Crippen LogP) is 6.64. The molecule has 1 aliphatic rings. The van der Waals surface area contributed by atoms with Gasteiger partial charge in [-0.05, 0) is 12.1 Å². The number of nitrogens with zero attached hydrogens (tertiary/aromatic N) is 1. The summed E-state index contributed by atoms with van der Waals surface area (Å²) in [6.07, 6.45) is -4.13. The second kappa shape index (κ2) is 47.5. The van der Waals surface area contributed by atoms with Crippen molar-refractivity contribution in [3.8, 4) is 17.2 Å². The molecule has 26 nitrogen and oxygen atoms in total. The quantitative estimate of drug-likeness (QED) is 0.0121. The number of amides is 3. The van der Waals surface area contributed by atoms with Crippen LogP contribution in [-0.4, -0.2) is 244 Å². The summed E-state index contributed by atoms with van der Waals surface area (Å²) in [6, 6.07) is 6.21. The van der Waals surface area contributed by atoms with Crippen LogP contribution in [0.5, 0.6) is 17.2 Å². The Hall–Kier alpha value is -7.70. The lowest BCUT2D eigenvalue weighted by Crippen LogP contribution is -2.59. The summed E-state index contributed by atoms with van der Waals surface area (Å²) in [5.41, 5.74) is -1.35. The second-order valence-corrected chi connectivity index (χ2v) is 20.8. The number of carbonyl (C=O) groups excluding carboxylic acids is 6. The zero-order chi connectivity index (χ0) is 74.1. The number of esters is 3. The third-order valence-corrected chi connectivity index (χ3v) is 13.2. The molecular weight excluding hydrogens is 1410 g/mol. The molecule has 1 N–H and O–H groups in total. The molecular formula is C64H74F12N2O24. The number of ether oxygens (including phenoxy) is 18. The average Bonchev–Trinajstić information content (AvgIpc) is 1.60. The number of hydrogen-bond acceptors (Lipinski definition) is 24. The number of fused-ring (bicyclic) bond motifs is 1. The highest BCUT2D eigenvalue weighted by Gasteiger charge is 2.37. The van der Waals surface area contributed by atoms with Gasteiger partial charge in [-0.3, -0.25) is 28.9 Å². The molecule has 0 unspecified atom stereocenters. The van der Waals surface area contributed by atoms with Gasteiger partial charge in [-0.15, -0.1) is 0 Å².